The van der Waals surface area contributed by atoms with Crippen molar-refractivity contribution in [2.24, 2.45) is 0 Å². The standard InChI is InChI=1S/C6H6N2O3.C5H6O4/c1-4-2-7-5(6(9)10)3-8(4)11;1-3(5(8)9)2-4(6)7/h2-3H,1H3,(H,9,10);2H,1H3,(H,6,7)(H,8,9)/b;3-2+. The zero-order valence-electron chi connectivity index (χ0n) is 10.6. The quantitative estimate of drug-likeness (QED) is 0.392. The number of aryl methyl sites for hydroxylation is 1. The van der Waals surface area contributed by atoms with Crippen LogP contribution in [0.3, 0.4) is 0 Å². The lowest BCUT2D eigenvalue weighted by molar-refractivity contribution is -0.613. The van der Waals surface area contributed by atoms with Crippen LogP contribution in [-0.4, -0.2) is 38.2 Å². The summed E-state index contributed by atoms with van der Waals surface area (Å²) in [5.41, 5.74) is -0.0527. The first-order valence-corrected chi connectivity index (χ1v) is 5.08. The van der Waals surface area contributed by atoms with E-state index in [1.807, 2.05) is 0 Å². The van der Waals surface area contributed by atoms with E-state index >= 15 is 0 Å². The van der Waals surface area contributed by atoms with Gasteiger partial charge < -0.3 is 20.5 Å². The van der Waals surface area contributed by atoms with Gasteiger partial charge in [-0.1, -0.05) is 0 Å². The van der Waals surface area contributed by atoms with E-state index in [0.717, 1.165) is 6.20 Å². The van der Waals surface area contributed by atoms with E-state index in [-0.39, 0.29) is 11.3 Å². The fourth-order valence-corrected chi connectivity index (χ4v) is 0.823. The van der Waals surface area contributed by atoms with Gasteiger partial charge in [0, 0.05) is 18.6 Å². The van der Waals surface area contributed by atoms with Crippen LogP contribution in [0, 0.1) is 12.1 Å². The molecule has 20 heavy (non-hydrogen) atoms. The molecule has 0 saturated heterocycles. The molecule has 0 aliphatic carbocycles. The van der Waals surface area contributed by atoms with Gasteiger partial charge in [0.15, 0.2) is 0 Å². The Morgan fingerprint density at radius 1 is 1.30 bits per heavy atom. The van der Waals surface area contributed by atoms with Gasteiger partial charge in [-0.25, -0.2) is 19.4 Å². The zero-order valence-corrected chi connectivity index (χ0v) is 10.6. The smallest absolute Gasteiger partial charge is 0.360 e. The van der Waals surface area contributed by atoms with Gasteiger partial charge in [-0.2, -0.15) is 4.73 Å². The molecule has 0 aliphatic rings. The van der Waals surface area contributed by atoms with E-state index in [9.17, 15) is 19.6 Å². The van der Waals surface area contributed by atoms with Gasteiger partial charge in [0.2, 0.25) is 17.6 Å². The predicted octanol–water partition coefficient (Wildman–Crippen LogP) is -0.176. The molecule has 108 valence electrons. The summed E-state index contributed by atoms with van der Waals surface area (Å²) >= 11 is 0. The van der Waals surface area contributed by atoms with Crippen LogP contribution in [0.1, 0.15) is 23.1 Å². The highest BCUT2D eigenvalue weighted by Gasteiger charge is 2.09. The van der Waals surface area contributed by atoms with Crippen LogP contribution >= 0.6 is 0 Å². The second-order valence-electron chi connectivity index (χ2n) is 3.52. The molecule has 0 aliphatic heterocycles. The summed E-state index contributed by atoms with van der Waals surface area (Å²) in [6, 6.07) is 0. The van der Waals surface area contributed by atoms with Gasteiger partial charge in [-0.3, -0.25) is 0 Å². The van der Waals surface area contributed by atoms with Crippen molar-refractivity contribution >= 4 is 17.9 Å². The second-order valence-corrected chi connectivity index (χ2v) is 3.52. The van der Waals surface area contributed by atoms with Crippen LogP contribution in [0.2, 0.25) is 0 Å². The molecule has 1 aromatic heterocycles. The van der Waals surface area contributed by atoms with Crippen molar-refractivity contribution in [2.75, 3.05) is 0 Å². The summed E-state index contributed by atoms with van der Waals surface area (Å²) in [6.07, 6.45) is 2.79. The lowest BCUT2D eigenvalue weighted by Crippen LogP contribution is -2.31. The number of aromatic nitrogens is 2. The van der Waals surface area contributed by atoms with Crippen molar-refractivity contribution in [3.05, 3.63) is 40.6 Å². The Morgan fingerprint density at radius 3 is 2.15 bits per heavy atom. The number of aliphatic carboxylic acids is 2. The van der Waals surface area contributed by atoms with Crippen LogP contribution in [0.15, 0.2) is 24.0 Å². The minimum atomic E-state index is -1.24. The Morgan fingerprint density at radius 2 is 1.85 bits per heavy atom. The third-order valence-corrected chi connectivity index (χ3v) is 1.87. The van der Waals surface area contributed by atoms with Gasteiger partial charge in [0.1, 0.15) is 0 Å². The molecule has 0 amide bonds. The molecule has 0 saturated carbocycles. The summed E-state index contributed by atoms with van der Waals surface area (Å²) in [7, 11) is 0. The number of carboxylic acid groups (broad SMARTS) is 3. The van der Waals surface area contributed by atoms with Gasteiger partial charge >= 0.3 is 17.9 Å². The summed E-state index contributed by atoms with van der Waals surface area (Å²) in [4.78, 5) is 33.4. The molecule has 1 heterocycles. The predicted molar refractivity (Wildman–Crippen MR) is 63.9 cm³/mol. The fourth-order valence-electron chi connectivity index (χ4n) is 0.823. The number of carbonyl (C=O) groups is 3. The van der Waals surface area contributed by atoms with E-state index in [1.54, 1.807) is 6.92 Å². The van der Waals surface area contributed by atoms with Crippen molar-refractivity contribution < 1.29 is 34.4 Å². The molecule has 1 rings (SSSR count). The first-order valence-electron chi connectivity index (χ1n) is 5.08. The highest BCUT2D eigenvalue weighted by atomic mass is 16.5. The monoisotopic (exact) mass is 284 g/mol. The Balaban J connectivity index is 0.000000370. The van der Waals surface area contributed by atoms with E-state index in [1.165, 1.54) is 13.1 Å². The summed E-state index contributed by atoms with van der Waals surface area (Å²) < 4.78 is 0.469. The van der Waals surface area contributed by atoms with Crippen LogP contribution in [-0.2, 0) is 9.59 Å². The number of hydrogen-bond donors (Lipinski definition) is 3. The van der Waals surface area contributed by atoms with Crippen LogP contribution < -0.4 is 4.73 Å². The average molecular weight is 284 g/mol. The maximum atomic E-state index is 10.8. The Bertz CT molecular complexity index is 566. The van der Waals surface area contributed by atoms with Gasteiger partial charge in [-0.15, -0.1) is 0 Å². The number of carboxylic acids is 3. The highest BCUT2D eigenvalue weighted by molar-refractivity contribution is 5.94. The molecule has 0 fully saturated rings. The number of hydrogen-bond acceptors (Lipinski definition) is 5. The van der Waals surface area contributed by atoms with Gasteiger partial charge in [0.05, 0.1) is 6.20 Å². The minimum Gasteiger partial charge on any atom is -0.618 e. The van der Waals surface area contributed by atoms with E-state index in [0.29, 0.717) is 16.5 Å². The molecule has 1 aromatic rings. The fraction of sp³-hybridized carbons (Fsp3) is 0.182. The van der Waals surface area contributed by atoms with Crippen molar-refractivity contribution in [2.45, 2.75) is 13.8 Å². The third kappa shape index (κ3) is 6.10. The number of rotatable bonds is 3. The molecule has 0 bridgehead atoms. The van der Waals surface area contributed by atoms with E-state index in [4.69, 9.17) is 15.3 Å². The Hall–Kier alpha value is -2.97. The Kier molecular flexibility index (Phi) is 6.35. The maximum Gasteiger partial charge on any atom is 0.360 e. The summed E-state index contributed by atoms with van der Waals surface area (Å²) in [5, 5.41) is 35.2. The van der Waals surface area contributed by atoms with Crippen molar-refractivity contribution in [1.29, 1.82) is 0 Å². The van der Waals surface area contributed by atoms with E-state index < -0.39 is 17.9 Å². The maximum absolute atomic E-state index is 10.8. The van der Waals surface area contributed by atoms with Crippen molar-refractivity contribution in [1.82, 2.24) is 4.98 Å². The molecular weight excluding hydrogens is 272 g/mol. The normalized spacial score (nSPS) is 10.2. The lowest BCUT2D eigenvalue weighted by Gasteiger charge is -1.98. The largest absolute Gasteiger partial charge is 0.618 e. The summed E-state index contributed by atoms with van der Waals surface area (Å²) in [5.74, 6) is -3.65. The molecule has 0 atom stereocenters. The second kappa shape index (κ2) is 7.46. The number of aromatic carboxylic acids is 1. The SMILES string of the molecule is C/C(=C\C(=O)O)C(=O)O.Cc1cnc(C(=O)O)c[n+]1[O-]. The van der Waals surface area contributed by atoms with Crippen molar-refractivity contribution in [3.63, 3.8) is 0 Å². The number of nitrogens with zero attached hydrogens (tertiary/aromatic N) is 2. The molecule has 0 radical (unpaired) electrons. The van der Waals surface area contributed by atoms with Gasteiger partial charge in [0.25, 0.3) is 0 Å². The lowest BCUT2D eigenvalue weighted by atomic mass is 10.3. The molecule has 0 aromatic carbocycles. The zero-order chi connectivity index (χ0) is 15.9. The molecule has 9 heteroatoms. The van der Waals surface area contributed by atoms with Gasteiger partial charge in [-0.05, 0) is 6.92 Å². The highest BCUT2D eigenvalue weighted by Crippen LogP contribution is 1.91. The van der Waals surface area contributed by atoms with Crippen molar-refractivity contribution in [3.8, 4) is 0 Å². The van der Waals surface area contributed by atoms with Crippen LogP contribution in [0.25, 0.3) is 0 Å². The van der Waals surface area contributed by atoms with Crippen LogP contribution in [0.4, 0.5) is 0 Å². The molecule has 0 unspecified atom stereocenters. The van der Waals surface area contributed by atoms with E-state index in [2.05, 4.69) is 4.98 Å². The summed E-state index contributed by atoms with van der Waals surface area (Å²) in [6.45, 7) is 2.77. The molecule has 3 N–H and O–H groups in total. The topological polar surface area (TPSA) is 152 Å². The average Bonchev–Trinajstić information content (AvgIpc) is 2.32. The Labute approximate surface area is 113 Å². The third-order valence-electron chi connectivity index (χ3n) is 1.87. The minimum absolute atomic E-state index is 0.178. The van der Waals surface area contributed by atoms with Crippen LogP contribution in [0.5, 0.6) is 0 Å². The molecule has 0 spiro atoms. The molecular formula is C11H12N2O7. The molecule has 9 nitrogen and oxygen atoms in total. The first kappa shape index (κ1) is 17.0. The first-order chi connectivity index (χ1) is 9.15.